The smallest absolute Gasteiger partial charge is 0.00180 e. The summed E-state index contributed by atoms with van der Waals surface area (Å²) in [5.41, 5.74) is 0. The van der Waals surface area contributed by atoms with Crippen molar-refractivity contribution in [1.29, 1.82) is 0 Å². The Morgan fingerprint density at radius 3 is 2.81 bits per heavy atom. The highest BCUT2D eigenvalue weighted by atomic mass is 15.1. The van der Waals surface area contributed by atoms with Crippen molar-refractivity contribution in [1.82, 2.24) is 10.2 Å². The van der Waals surface area contributed by atoms with E-state index in [1.165, 1.54) is 58.3 Å². The van der Waals surface area contributed by atoms with E-state index in [9.17, 15) is 0 Å². The van der Waals surface area contributed by atoms with Crippen LogP contribution in [0.25, 0.3) is 0 Å². The van der Waals surface area contributed by atoms with E-state index in [1.54, 1.807) is 0 Å². The van der Waals surface area contributed by atoms with Crippen LogP contribution < -0.4 is 5.32 Å². The van der Waals surface area contributed by atoms with E-state index in [-0.39, 0.29) is 0 Å². The second kappa shape index (κ2) is 8.08. The average Bonchev–Trinajstić information content (AvgIpc) is 2.34. The van der Waals surface area contributed by atoms with Crippen LogP contribution in [0.15, 0.2) is 0 Å². The molecule has 1 heterocycles. The van der Waals surface area contributed by atoms with Gasteiger partial charge in [-0.2, -0.15) is 0 Å². The summed E-state index contributed by atoms with van der Waals surface area (Å²) < 4.78 is 0. The Bertz CT molecular complexity index is 164. The molecule has 2 unspecified atom stereocenters. The van der Waals surface area contributed by atoms with E-state index in [2.05, 4.69) is 31.1 Å². The van der Waals surface area contributed by atoms with Crippen molar-refractivity contribution in [2.45, 2.75) is 46.0 Å². The van der Waals surface area contributed by atoms with Gasteiger partial charge in [-0.15, -0.1) is 0 Å². The third-order valence-electron chi connectivity index (χ3n) is 4.00. The maximum atomic E-state index is 3.52. The SMILES string of the molecule is CCCCN(C)CCC(C)C1CCCNC1. The van der Waals surface area contributed by atoms with Crippen LogP contribution in [0.5, 0.6) is 0 Å². The van der Waals surface area contributed by atoms with Gasteiger partial charge >= 0.3 is 0 Å². The van der Waals surface area contributed by atoms with Crippen LogP contribution in [0.4, 0.5) is 0 Å². The molecule has 0 aromatic heterocycles. The molecule has 0 spiro atoms. The lowest BCUT2D eigenvalue weighted by Gasteiger charge is -2.29. The highest BCUT2D eigenvalue weighted by molar-refractivity contribution is 4.74. The molecule has 0 bridgehead atoms. The van der Waals surface area contributed by atoms with E-state index in [4.69, 9.17) is 0 Å². The van der Waals surface area contributed by atoms with Crippen molar-refractivity contribution in [3.8, 4) is 0 Å². The van der Waals surface area contributed by atoms with E-state index in [1.807, 2.05) is 0 Å². The van der Waals surface area contributed by atoms with Gasteiger partial charge in [-0.3, -0.25) is 0 Å². The summed E-state index contributed by atoms with van der Waals surface area (Å²) in [5, 5.41) is 3.52. The summed E-state index contributed by atoms with van der Waals surface area (Å²) >= 11 is 0. The molecule has 0 aromatic rings. The Kier molecular flexibility index (Phi) is 7.06. The Balaban J connectivity index is 2.10. The largest absolute Gasteiger partial charge is 0.316 e. The predicted octanol–water partition coefficient (Wildman–Crippen LogP) is 2.74. The molecule has 2 atom stereocenters. The molecule has 1 aliphatic rings. The highest BCUT2D eigenvalue weighted by Gasteiger charge is 2.19. The van der Waals surface area contributed by atoms with Gasteiger partial charge in [0, 0.05) is 0 Å². The topological polar surface area (TPSA) is 15.3 Å². The third kappa shape index (κ3) is 5.31. The lowest BCUT2D eigenvalue weighted by molar-refractivity contribution is 0.231. The van der Waals surface area contributed by atoms with Crippen LogP contribution >= 0.6 is 0 Å². The molecular weight excluding hydrogens is 196 g/mol. The number of unbranched alkanes of at least 4 members (excludes halogenated alkanes) is 1. The number of rotatable bonds is 7. The molecular formula is C14H30N2. The number of nitrogens with zero attached hydrogens (tertiary/aromatic N) is 1. The maximum Gasteiger partial charge on any atom is -0.00180 e. The molecule has 0 aliphatic carbocycles. The minimum atomic E-state index is 0.886. The maximum absolute atomic E-state index is 3.52. The molecule has 1 rings (SSSR count). The first-order valence-electron chi connectivity index (χ1n) is 7.13. The van der Waals surface area contributed by atoms with Gasteiger partial charge in [-0.05, 0) is 70.7 Å². The standard InChI is InChI=1S/C14H30N2/c1-4-5-10-16(3)11-8-13(2)14-7-6-9-15-12-14/h13-15H,4-12H2,1-3H3. The lowest BCUT2D eigenvalue weighted by Crippen LogP contribution is -2.34. The van der Waals surface area contributed by atoms with E-state index >= 15 is 0 Å². The quantitative estimate of drug-likeness (QED) is 0.718. The normalized spacial score (nSPS) is 23.6. The van der Waals surface area contributed by atoms with Crippen molar-refractivity contribution < 1.29 is 0 Å². The van der Waals surface area contributed by atoms with Gasteiger partial charge in [-0.25, -0.2) is 0 Å². The van der Waals surface area contributed by atoms with Crippen LogP contribution in [0.2, 0.25) is 0 Å². The zero-order chi connectivity index (χ0) is 11.8. The van der Waals surface area contributed by atoms with Gasteiger partial charge in [-0.1, -0.05) is 20.3 Å². The molecule has 0 radical (unpaired) electrons. The first kappa shape index (κ1) is 14.0. The first-order valence-corrected chi connectivity index (χ1v) is 7.13. The molecule has 1 saturated heterocycles. The van der Waals surface area contributed by atoms with Crippen molar-refractivity contribution in [3.63, 3.8) is 0 Å². The summed E-state index contributed by atoms with van der Waals surface area (Å²) in [6, 6.07) is 0. The van der Waals surface area contributed by atoms with Crippen LogP contribution in [0, 0.1) is 11.8 Å². The van der Waals surface area contributed by atoms with Gasteiger partial charge in [0.05, 0.1) is 0 Å². The molecule has 0 saturated carbocycles. The second-order valence-corrected chi connectivity index (χ2v) is 5.53. The minimum Gasteiger partial charge on any atom is -0.316 e. The van der Waals surface area contributed by atoms with Crippen LogP contribution in [-0.4, -0.2) is 38.1 Å². The third-order valence-corrected chi connectivity index (χ3v) is 4.00. The van der Waals surface area contributed by atoms with E-state index in [0.29, 0.717) is 0 Å². The molecule has 0 amide bonds. The highest BCUT2D eigenvalue weighted by Crippen LogP contribution is 2.22. The van der Waals surface area contributed by atoms with Gasteiger partial charge in [0.25, 0.3) is 0 Å². The van der Waals surface area contributed by atoms with Gasteiger partial charge in [0.1, 0.15) is 0 Å². The van der Waals surface area contributed by atoms with Crippen molar-refractivity contribution >= 4 is 0 Å². The molecule has 96 valence electrons. The molecule has 1 fully saturated rings. The van der Waals surface area contributed by atoms with Crippen LogP contribution in [0.3, 0.4) is 0 Å². The summed E-state index contributed by atoms with van der Waals surface area (Å²) in [6.07, 6.45) is 6.84. The Labute approximate surface area is 102 Å². The van der Waals surface area contributed by atoms with E-state index < -0.39 is 0 Å². The zero-order valence-electron chi connectivity index (χ0n) is 11.5. The summed E-state index contributed by atoms with van der Waals surface area (Å²) in [6.45, 7) is 9.73. The Morgan fingerprint density at radius 2 is 2.19 bits per heavy atom. The van der Waals surface area contributed by atoms with Crippen LogP contribution in [0.1, 0.15) is 46.0 Å². The summed E-state index contributed by atoms with van der Waals surface area (Å²) in [7, 11) is 2.27. The zero-order valence-corrected chi connectivity index (χ0v) is 11.5. The lowest BCUT2D eigenvalue weighted by atomic mass is 9.85. The van der Waals surface area contributed by atoms with Crippen molar-refractivity contribution in [2.24, 2.45) is 11.8 Å². The molecule has 0 aromatic carbocycles. The first-order chi connectivity index (χ1) is 7.74. The number of piperidine rings is 1. The molecule has 16 heavy (non-hydrogen) atoms. The Morgan fingerprint density at radius 1 is 1.38 bits per heavy atom. The molecule has 2 heteroatoms. The van der Waals surface area contributed by atoms with Gasteiger partial charge < -0.3 is 10.2 Å². The van der Waals surface area contributed by atoms with Gasteiger partial charge in [0.15, 0.2) is 0 Å². The molecule has 2 nitrogen and oxygen atoms in total. The van der Waals surface area contributed by atoms with Crippen LogP contribution in [-0.2, 0) is 0 Å². The van der Waals surface area contributed by atoms with Crippen molar-refractivity contribution in [2.75, 3.05) is 33.2 Å². The van der Waals surface area contributed by atoms with Gasteiger partial charge in [0.2, 0.25) is 0 Å². The fourth-order valence-electron chi connectivity index (χ4n) is 2.56. The van der Waals surface area contributed by atoms with E-state index in [0.717, 1.165) is 11.8 Å². The average molecular weight is 226 g/mol. The monoisotopic (exact) mass is 226 g/mol. The predicted molar refractivity (Wildman–Crippen MR) is 71.8 cm³/mol. The summed E-state index contributed by atoms with van der Waals surface area (Å²) in [4.78, 5) is 2.50. The second-order valence-electron chi connectivity index (χ2n) is 5.53. The Hall–Kier alpha value is -0.0800. The minimum absolute atomic E-state index is 0.886. The fourth-order valence-corrected chi connectivity index (χ4v) is 2.56. The summed E-state index contributed by atoms with van der Waals surface area (Å²) in [5.74, 6) is 1.81. The number of nitrogens with one attached hydrogen (secondary N) is 1. The number of hydrogen-bond donors (Lipinski definition) is 1. The number of hydrogen-bond acceptors (Lipinski definition) is 2. The molecule has 1 N–H and O–H groups in total. The molecule has 1 aliphatic heterocycles. The van der Waals surface area contributed by atoms with Crippen molar-refractivity contribution in [3.05, 3.63) is 0 Å². The fraction of sp³-hybridized carbons (Fsp3) is 1.00.